The number of hydrogen-bond donors (Lipinski definition) is 1. The van der Waals surface area contributed by atoms with Crippen LogP contribution in [0.15, 0.2) is 4.52 Å². The zero-order chi connectivity index (χ0) is 13.2. The highest BCUT2D eigenvalue weighted by molar-refractivity contribution is 8.06. The molecule has 1 saturated heterocycles. The Morgan fingerprint density at radius 2 is 2.06 bits per heavy atom. The minimum atomic E-state index is 0.0668. The smallest absolute Gasteiger partial charge is 0.240 e. The van der Waals surface area contributed by atoms with Gasteiger partial charge in [0, 0.05) is 22.3 Å². The Balaban J connectivity index is 1.97. The summed E-state index contributed by atoms with van der Waals surface area (Å²) in [6.45, 7) is 9.25. The molecule has 1 aromatic rings. The first-order valence-corrected chi connectivity index (χ1v) is 8.36. The normalized spacial score (nSPS) is 25.3. The Kier molecular flexibility index (Phi) is 4.61. The second kappa shape index (κ2) is 5.84. The van der Waals surface area contributed by atoms with Crippen molar-refractivity contribution in [2.45, 2.75) is 50.3 Å². The van der Waals surface area contributed by atoms with Crippen molar-refractivity contribution in [2.75, 3.05) is 11.5 Å². The molecule has 2 rings (SSSR count). The molecule has 1 fully saturated rings. The van der Waals surface area contributed by atoms with E-state index < -0.39 is 0 Å². The molecular weight excluding hydrogens is 266 g/mol. The predicted octanol–water partition coefficient (Wildman–Crippen LogP) is 2.87. The summed E-state index contributed by atoms with van der Waals surface area (Å²) in [7, 11) is 0. The van der Waals surface area contributed by atoms with Gasteiger partial charge in [-0.3, -0.25) is 0 Å². The molecule has 6 heteroatoms. The summed E-state index contributed by atoms with van der Waals surface area (Å²) in [5.41, 5.74) is 0.0668. The van der Waals surface area contributed by atoms with E-state index in [1.54, 1.807) is 0 Å². The SMILES string of the molecule is CC1SCCSC1c1noc(CNC(C)(C)C)n1. The fraction of sp³-hybridized carbons (Fsp3) is 0.833. The van der Waals surface area contributed by atoms with Crippen molar-refractivity contribution in [3.63, 3.8) is 0 Å². The number of thioether (sulfide) groups is 2. The Morgan fingerprint density at radius 3 is 2.72 bits per heavy atom. The highest BCUT2D eigenvalue weighted by Gasteiger charge is 2.28. The van der Waals surface area contributed by atoms with Crippen molar-refractivity contribution in [1.29, 1.82) is 0 Å². The molecule has 1 aromatic heterocycles. The highest BCUT2D eigenvalue weighted by atomic mass is 32.2. The lowest BCUT2D eigenvalue weighted by Gasteiger charge is -2.24. The van der Waals surface area contributed by atoms with E-state index in [1.807, 2.05) is 23.5 Å². The van der Waals surface area contributed by atoms with Gasteiger partial charge in [-0.25, -0.2) is 0 Å². The third kappa shape index (κ3) is 3.90. The minimum absolute atomic E-state index is 0.0668. The summed E-state index contributed by atoms with van der Waals surface area (Å²) < 4.78 is 5.32. The highest BCUT2D eigenvalue weighted by Crippen LogP contribution is 2.41. The molecule has 102 valence electrons. The van der Waals surface area contributed by atoms with E-state index in [-0.39, 0.29) is 5.54 Å². The summed E-state index contributed by atoms with van der Waals surface area (Å²) in [6.07, 6.45) is 0. The minimum Gasteiger partial charge on any atom is -0.338 e. The van der Waals surface area contributed by atoms with Crippen LogP contribution in [-0.2, 0) is 6.54 Å². The zero-order valence-electron chi connectivity index (χ0n) is 11.4. The van der Waals surface area contributed by atoms with E-state index in [4.69, 9.17) is 4.52 Å². The zero-order valence-corrected chi connectivity index (χ0v) is 13.0. The molecule has 1 aliphatic heterocycles. The Labute approximate surface area is 117 Å². The van der Waals surface area contributed by atoms with Crippen LogP contribution in [0.1, 0.15) is 44.7 Å². The van der Waals surface area contributed by atoms with Gasteiger partial charge in [0.05, 0.1) is 11.8 Å². The quantitative estimate of drug-likeness (QED) is 0.922. The number of hydrogen-bond acceptors (Lipinski definition) is 6. The van der Waals surface area contributed by atoms with Crippen molar-refractivity contribution in [3.8, 4) is 0 Å². The molecule has 0 bridgehead atoms. The van der Waals surface area contributed by atoms with Crippen LogP contribution in [0.5, 0.6) is 0 Å². The van der Waals surface area contributed by atoms with Gasteiger partial charge < -0.3 is 9.84 Å². The van der Waals surface area contributed by atoms with Gasteiger partial charge in [-0.1, -0.05) is 12.1 Å². The first kappa shape index (κ1) is 14.2. The summed E-state index contributed by atoms with van der Waals surface area (Å²) in [5.74, 6) is 3.93. The molecule has 2 heterocycles. The molecule has 18 heavy (non-hydrogen) atoms. The van der Waals surface area contributed by atoms with E-state index in [0.717, 1.165) is 5.82 Å². The van der Waals surface area contributed by atoms with Crippen LogP contribution >= 0.6 is 23.5 Å². The summed E-state index contributed by atoms with van der Waals surface area (Å²) in [4.78, 5) is 4.51. The van der Waals surface area contributed by atoms with Gasteiger partial charge >= 0.3 is 0 Å². The first-order chi connectivity index (χ1) is 8.46. The van der Waals surface area contributed by atoms with Crippen molar-refractivity contribution in [3.05, 3.63) is 11.7 Å². The van der Waals surface area contributed by atoms with Gasteiger partial charge in [0.1, 0.15) is 0 Å². The van der Waals surface area contributed by atoms with Gasteiger partial charge in [-0.15, -0.1) is 11.8 Å². The molecule has 2 atom stereocenters. The van der Waals surface area contributed by atoms with E-state index in [2.05, 4.69) is 43.2 Å². The molecule has 0 aromatic carbocycles. The Morgan fingerprint density at radius 1 is 1.33 bits per heavy atom. The molecule has 0 radical (unpaired) electrons. The lowest BCUT2D eigenvalue weighted by molar-refractivity contribution is 0.333. The van der Waals surface area contributed by atoms with E-state index >= 15 is 0 Å². The van der Waals surface area contributed by atoms with Crippen LogP contribution in [-0.4, -0.2) is 32.4 Å². The van der Waals surface area contributed by atoms with Gasteiger partial charge in [0.15, 0.2) is 5.82 Å². The third-order valence-corrected chi connectivity index (χ3v) is 5.78. The molecule has 0 saturated carbocycles. The van der Waals surface area contributed by atoms with Crippen molar-refractivity contribution < 1.29 is 4.52 Å². The van der Waals surface area contributed by atoms with Gasteiger partial charge in [-0.2, -0.15) is 16.7 Å². The predicted molar refractivity (Wildman–Crippen MR) is 78.0 cm³/mol. The monoisotopic (exact) mass is 287 g/mol. The van der Waals surface area contributed by atoms with Crippen LogP contribution in [0.4, 0.5) is 0 Å². The molecule has 0 aliphatic carbocycles. The molecule has 1 N–H and O–H groups in total. The van der Waals surface area contributed by atoms with Crippen molar-refractivity contribution >= 4 is 23.5 Å². The van der Waals surface area contributed by atoms with Crippen molar-refractivity contribution in [1.82, 2.24) is 15.5 Å². The van der Waals surface area contributed by atoms with Crippen molar-refractivity contribution in [2.24, 2.45) is 0 Å². The molecule has 0 amide bonds. The maximum atomic E-state index is 5.32. The molecule has 2 unspecified atom stereocenters. The summed E-state index contributed by atoms with van der Waals surface area (Å²) >= 11 is 3.92. The maximum Gasteiger partial charge on any atom is 0.240 e. The van der Waals surface area contributed by atoms with E-state index in [0.29, 0.717) is 22.9 Å². The molecule has 0 spiro atoms. The summed E-state index contributed by atoms with van der Waals surface area (Å²) in [5, 5.41) is 8.42. The van der Waals surface area contributed by atoms with E-state index in [9.17, 15) is 0 Å². The average Bonchev–Trinajstić information content (AvgIpc) is 2.75. The standard InChI is InChI=1S/C12H21N3OS2/c1-8-10(18-6-5-17-8)11-14-9(16-15-11)7-13-12(2,3)4/h8,10,13H,5-7H2,1-4H3. The number of rotatable bonds is 3. The average molecular weight is 287 g/mol. The number of aromatic nitrogens is 2. The molecule has 4 nitrogen and oxygen atoms in total. The van der Waals surface area contributed by atoms with Gasteiger partial charge in [0.25, 0.3) is 0 Å². The number of nitrogens with one attached hydrogen (secondary N) is 1. The second-order valence-corrected chi connectivity index (χ2v) is 8.25. The van der Waals surface area contributed by atoms with Crippen LogP contribution in [0.25, 0.3) is 0 Å². The van der Waals surface area contributed by atoms with Crippen LogP contribution < -0.4 is 5.32 Å². The van der Waals surface area contributed by atoms with Crippen LogP contribution in [0.2, 0.25) is 0 Å². The fourth-order valence-electron chi connectivity index (χ4n) is 1.71. The largest absolute Gasteiger partial charge is 0.338 e. The lowest BCUT2D eigenvalue weighted by Crippen LogP contribution is -2.35. The first-order valence-electron chi connectivity index (χ1n) is 6.26. The van der Waals surface area contributed by atoms with E-state index in [1.165, 1.54) is 11.5 Å². The fourth-order valence-corrected chi connectivity index (χ4v) is 4.39. The van der Waals surface area contributed by atoms with Gasteiger partial charge in [-0.05, 0) is 20.8 Å². The lowest BCUT2D eigenvalue weighted by atomic mass is 10.1. The molecular formula is C12H21N3OS2. The third-order valence-electron chi connectivity index (χ3n) is 2.70. The van der Waals surface area contributed by atoms with Crippen LogP contribution in [0.3, 0.4) is 0 Å². The topological polar surface area (TPSA) is 51.0 Å². The Hall–Kier alpha value is -0.200. The molecule has 1 aliphatic rings. The maximum absolute atomic E-state index is 5.32. The van der Waals surface area contributed by atoms with Gasteiger partial charge in [0.2, 0.25) is 5.89 Å². The summed E-state index contributed by atoms with van der Waals surface area (Å²) in [6, 6.07) is 0. The Bertz CT molecular complexity index is 389. The second-order valence-electron chi connectivity index (χ2n) is 5.52. The number of nitrogens with zero attached hydrogens (tertiary/aromatic N) is 2. The van der Waals surface area contributed by atoms with Crippen LogP contribution in [0, 0.1) is 0 Å².